The van der Waals surface area contributed by atoms with Crippen LogP contribution < -0.4 is 5.32 Å². The van der Waals surface area contributed by atoms with E-state index in [1.807, 2.05) is 12.1 Å². The number of carboxylic acid groups (broad SMARTS) is 1. The van der Waals surface area contributed by atoms with Gasteiger partial charge in [0.05, 0.1) is 17.8 Å². The van der Waals surface area contributed by atoms with E-state index in [2.05, 4.69) is 17.3 Å². The van der Waals surface area contributed by atoms with Crippen molar-refractivity contribution in [3.05, 3.63) is 30.0 Å². The summed E-state index contributed by atoms with van der Waals surface area (Å²) in [4.78, 5) is 11.1. The van der Waals surface area contributed by atoms with Gasteiger partial charge in [-0.2, -0.15) is 9.78 Å². The molecule has 3 N–H and O–H groups in total. The van der Waals surface area contributed by atoms with Gasteiger partial charge in [0.2, 0.25) is 0 Å². The first-order valence-corrected chi connectivity index (χ1v) is 7.67. The number of benzene rings is 1. The van der Waals surface area contributed by atoms with Crippen LogP contribution in [-0.4, -0.2) is 39.2 Å². The molecule has 1 aromatic carbocycles. The number of fused-ring (bicyclic) bond motifs is 1. The van der Waals surface area contributed by atoms with Gasteiger partial charge in [0.25, 0.3) is 0 Å². The van der Waals surface area contributed by atoms with Gasteiger partial charge in [-0.15, -0.1) is 0 Å². The minimum absolute atomic E-state index is 0.134. The normalized spacial score (nSPS) is 23.0. The van der Waals surface area contributed by atoms with E-state index in [4.69, 9.17) is 5.11 Å². The molecular formula is C16H21N3O3. The first-order chi connectivity index (χ1) is 10.6. The zero-order chi connectivity index (χ0) is 15.7. The van der Waals surface area contributed by atoms with Gasteiger partial charge < -0.3 is 15.5 Å². The second kappa shape index (κ2) is 5.70. The lowest BCUT2D eigenvalue weighted by molar-refractivity contribution is 0.0296. The Balaban J connectivity index is 1.97. The number of aliphatic hydroxyl groups is 1. The Hall–Kier alpha value is -1.92. The fourth-order valence-electron chi connectivity index (χ4n) is 3.57. The number of carbonyl (C=O) groups is 1. The Morgan fingerprint density at radius 1 is 1.55 bits per heavy atom. The maximum absolute atomic E-state index is 11.1. The quantitative estimate of drug-likeness (QED) is 0.807. The summed E-state index contributed by atoms with van der Waals surface area (Å²) in [5.41, 5.74) is 1.23. The predicted octanol–water partition coefficient (Wildman–Crippen LogP) is 2.38. The molecule has 2 aromatic rings. The van der Waals surface area contributed by atoms with Gasteiger partial charge in [0, 0.05) is 17.3 Å². The minimum Gasteiger partial charge on any atom is -0.463 e. The first-order valence-electron chi connectivity index (χ1n) is 7.67. The number of nitrogens with one attached hydrogen (secondary N) is 1. The highest BCUT2D eigenvalue weighted by Gasteiger charge is 2.40. The molecule has 6 heteroatoms. The summed E-state index contributed by atoms with van der Waals surface area (Å²) in [7, 11) is 0. The van der Waals surface area contributed by atoms with Gasteiger partial charge in [0.15, 0.2) is 0 Å². The van der Waals surface area contributed by atoms with Crippen LogP contribution in [0.15, 0.2) is 24.4 Å². The third kappa shape index (κ3) is 2.38. The number of rotatable bonds is 4. The number of hydrogen-bond acceptors (Lipinski definition) is 4. The molecule has 1 saturated heterocycles. The highest BCUT2D eigenvalue weighted by molar-refractivity contribution is 5.87. The van der Waals surface area contributed by atoms with Crippen LogP contribution in [0, 0.1) is 5.41 Å². The summed E-state index contributed by atoms with van der Waals surface area (Å²) in [6, 6.07) is 5.38. The van der Waals surface area contributed by atoms with Crippen LogP contribution in [0.25, 0.3) is 10.9 Å². The first kappa shape index (κ1) is 15.0. The molecule has 3 rings (SSSR count). The van der Waals surface area contributed by atoms with Crippen molar-refractivity contribution in [2.24, 2.45) is 5.41 Å². The van der Waals surface area contributed by atoms with Gasteiger partial charge in [-0.1, -0.05) is 19.4 Å². The lowest BCUT2D eigenvalue weighted by Gasteiger charge is -2.33. The van der Waals surface area contributed by atoms with Gasteiger partial charge in [-0.25, -0.2) is 4.79 Å². The van der Waals surface area contributed by atoms with Gasteiger partial charge in [0.1, 0.15) is 0 Å². The number of hydrogen-bond donors (Lipinski definition) is 3. The van der Waals surface area contributed by atoms with E-state index in [0.29, 0.717) is 5.52 Å². The summed E-state index contributed by atoms with van der Waals surface area (Å²) in [6.45, 7) is 3.87. The van der Waals surface area contributed by atoms with Crippen LogP contribution in [0.5, 0.6) is 0 Å². The molecule has 0 aliphatic carbocycles. The molecule has 118 valence electrons. The van der Waals surface area contributed by atoms with Crippen molar-refractivity contribution in [2.75, 3.05) is 13.1 Å². The molecule has 1 fully saturated rings. The maximum atomic E-state index is 11.1. The molecule has 22 heavy (non-hydrogen) atoms. The zero-order valence-corrected chi connectivity index (χ0v) is 12.6. The van der Waals surface area contributed by atoms with Crippen molar-refractivity contribution in [3.8, 4) is 0 Å². The minimum atomic E-state index is -1.11. The van der Waals surface area contributed by atoms with Crippen LogP contribution in [0.3, 0.4) is 0 Å². The van der Waals surface area contributed by atoms with Crippen molar-refractivity contribution in [3.63, 3.8) is 0 Å². The SMILES string of the molecule is CCCC1(C(O)c2ccc3c(cnn3C(=O)O)c2)CCNC1. The fraction of sp³-hybridized carbons (Fsp3) is 0.500. The summed E-state index contributed by atoms with van der Waals surface area (Å²) in [5, 5.41) is 27.9. The van der Waals surface area contributed by atoms with Crippen LogP contribution in [0.1, 0.15) is 37.9 Å². The van der Waals surface area contributed by atoms with E-state index in [1.54, 1.807) is 6.07 Å². The van der Waals surface area contributed by atoms with Crippen LogP contribution in [0.2, 0.25) is 0 Å². The molecule has 0 spiro atoms. The molecule has 0 radical (unpaired) electrons. The molecule has 1 aliphatic heterocycles. The topological polar surface area (TPSA) is 87.4 Å². The average Bonchev–Trinajstić information content (AvgIpc) is 3.13. The fourth-order valence-corrected chi connectivity index (χ4v) is 3.57. The molecule has 0 bridgehead atoms. The van der Waals surface area contributed by atoms with Gasteiger partial charge in [-0.05, 0) is 37.1 Å². The third-order valence-electron chi connectivity index (χ3n) is 4.69. The van der Waals surface area contributed by atoms with E-state index in [9.17, 15) is 9.90 Å². The molecule has 6 nitrogen and oxygen atoms in total. The smallest absolute Gasteiger partial charge is 0.432 e. The molecule has 0 amide bonds. The average molecular weight is 303 g/mol. The monoisotopic (exact) mass is 303 g/mol. The maximum Gasteiger partial charge on any atom is 0.432 e. The summed E-state index contributed by atoms with van der Waals surface area (Å²) in [6.07, 6.45) is 2.81. The molecule has 2 unspecified atom stereocenters. The zero-order valence-electron chi connectivity index (χ0n) is 12.6. The highest BCUT2D eigenvalue weighted by Crippen LogP contribution is 2.43. The molecule has 1 aliphatic rings. The molecule has 2 atom stereocenters. The standard InChI is InChI=1S/C16H21N3O3/c1-2-5-16(6-7-17-10-16)14(20)11-3-4-13-12(8-11)9-18-19(13)15(21)22/h3-4,8-9,14,17,20H,2,5-7,10H2,1H3,(H,21,22). The number of aliphatic hydroxyl groups excluding tert-OH is 1. The second-order valence-corrected chi connectivity index (χ2v) is 6.10. The number of aromatic nitrogens is 2. The summed E-state index contributed by atoms with van der Waals surface area (Å²) < 4.78 is 0.949. The predicted molar refractivity (Wildman–Crippen MR) is 82.9 cm³/mol. The van der Waals surface area contributed by atoms with E-state index in [-0.39, 0.29) is 5.41 Å². The molecular weight excluding hydrogens is 282 g/mol. The van der Waals surface area contributed by atoms with Crippen molar-refractivity contribution in [2.45, 2.75) is 32.3 Å². The summed E-state index contributed by atoms with van der Waals surface area (Å²) in [5.74, 6) is 0. The van der Waals surface area contributed by atoms with Gasteiger partial charge >= 0.3 is 6.09 Å². The third-order valence-corrected chi connectivity index (χ3v) is 4.69. The molecule has 1 aromatic heterocycles. The molecule has 2 heterocycles. The Bertz CT molecular complexity index is 689. The Morgan fingerprint density at radius 2 is 2.36 bits per heavy atom. The van der Waals surface area contributed by atoms with E-state index in [0.717, 1.165) is 48.0 Å². The Morgan fingerprint density at radius 3 is 3.00 bits per heavy atom. The van der Waals surface area contributed by atoms with Gasteiger partial charge in [-0.3, -0.25) is 0 Å². The highest BCUT2D eigenvalue weighted by atomic mass is 16.4. The number of nitrogens with zero attached hydrogens (tertiary/aromatic N) is 2. The Labute approximate surface area is 128 Å². The van der Waals surface area contributed by atoms with Crippen LogP contribution in [0.4, 0.5) is 4.79 Å². The molecule has 0 saturated carbocycles. The second-order valence-electron chi connectivity index (χ2n) is 6.10. The van der Waals surface area contributed by atoms with E-state index < -0.39 is 12.2 Å². The van der Waals surface area contributed by atoms with Crippen molar-refractivity contribution >= 4 is 17.0 Å². The van der Waals surface area contributed by atoms with Crippen LogP contribution in [-0.2, 0) is 0 Å². The van der Waals surface area contributed by atoms with E-state index in [1.165, 1.54) is 6.20 Å². The van der Waals surface area contributed by atoms with Crippen molar-refractivity contribution in [1.82, 2.24) is 15.1 Å². The summed E-state index contributed by atoms with van der Waals surface area (Å²) >= 11 is 0. The van der Waals surface area contributed by atoms with Crippen molar-refractivity contribution in [1.29, 1.82) is 0 Å². The largest absolute Gasteiger partial charge is 0.463 e. The lowest BCUT2D eigenvalue weighted by atomic mass is 9.74. The van der Waals surface area contributed by atoms with Crippen LogP contribution >= 0.6 is 0 Å². The van der Waals surface area contributed by atoms with E-state index >= 15 is 0 Å². The Kier molecular flexibility index (Phi) is 3.88. The van der Waals surface area contributed by atoms with Crippen molar-refractivity contribution < 1.29 is 15.0 Å². The lowest BCUT2D eigenvalue weighted by Crippen LogP contribution is -2.31.